The lowest BCUT2D eigenvalue weighted by Crippen LogP contribution is -2.60. The summed E-state index contributed by atoms with van der Waals surface area (Å²) in [5.74, 6) is -0.190. The van der Waals surface area contributed by atoms with Crippen LogP contribution in [0.1, 0.15) is 232 Å². The number of carbonyl (C=O) groups excluding carboxylic acids is 1. The topological polar surface area (TPSA) is 149 Å². The molecule has 0 aromatic carbocycles. The van der Waals surface area contributed by atoms with E-state index in [-0.39, 0.29) is 12.5 Å². The third kappa shape index (κ3) is 38.7. The van der Waals surface area contributed by atoms with Crippen molar-refractivity contribution in [2.75, 3.05) is 13.2 Å². The Balaban J connectivity index is 2.23. The number of nitrogens with one attached hydrogen (secondary N) is 1. The molecule has 0 radical (unpaired) electrons. The van der Waals surface area contributed by atoms with Crippen LogP contribution in [-0.2, 0) is 14.3 Å². The van der Waals surface area contributed by atoms with Crippen LogP contribution in [0.3, 0.4) is 0 Å². The largest absolute Gasteiger partial charge is 0.394 e. The van der Waals surface area contributed by atoms with E-state index in [2.05, 4.69) is 92.1 Å². The molecule has 9 heteroatoms. The highest BCUT2D eigenvalue weighted by Crippen LogP contribution is 2.23. The number of unbranched alkanes of at least 4 members (excludes halogenated alkanes) is 25. The van der Waals surface area contributed by atoms with E-state index in [1.165, 1.54) is 141 Å². The second kappa shape index (κ2) is 49.0. The summed E-state index contributed by atoms with van der Waals surface area (Å²) in [4.78, 5) is 13.0. The Morgan fingerprint density at radius 3 is 1.39 bits per heavy atom. The molecule has 1 heterocycles. The SMILES string of the molecule is CC/C=C\C/C=C\C/C=C\C/C=C\C/C=C\CCCCCCCCCCCCCCCC(=O)NC(COC1OC(CO)C(O)C(O)C1O)C(O)/C=C/CC/C=C/CCCCCCCCCCCCC. The summed E-state index contributed by atoms with van der Waals surface area (Å²) in [6.45, 7) is 3.65. The van der Waals surface area contributed by atoms with Crippen molar-refractivity contribution >= 4 is 5.91 Å². The maximum Gasteiger partial charge on any atom is 0.220 e. The summed E-state index contributed by atoms with van der Waals surface area (Å²) in [5.41, 5.74) is 0. The van der Waals surface area contributed by atoms with Crippen LogP contribution in [0.2, 0.25) is 0 Å². The van der Waals surface area contributed by atoms with Crippen LogP contribution >= 0.6 is 0 Å². The lowest BCUT2D eigenvalue weighted by atomic mass is 9.99. The minimum absolute atomic E-state index is 0.190. The molecular formula is C60H105NO8. The predicted molar refractivity (Wildman–Crippen MR) is 290 cm³/mol. The maximum absolute atomic E-state index is 13.0. The lowest BCUT2D eigenvalue weighted by Gasteiger charge is -2.40. The van der Waals surface area contributed by atoms with Crippen molar-refractivity contribution in [3.05, 3.63) is 85.1 Å². The average Bonchev–Trinajstić information content (AvgIpc) is 3.35. The molecule has 0 spiro atoms. The average molecular weight is 968 g/mol. The van der Waals surface area contributed by atoms with E-state index in [1.54, 1.807) is 6.08 Å². The van der Waals surface area contributed by atoms with Gasteiger partial charge in [0.2, 0.25) is 5.91 Å². The first-order chi connectivity index (χ1) is 33.8. The Morgan fingerprint density at radius 2 is 0.913 bits per heavy atom. The Hall–Kier alpha value is -2.63. The highest BCUT2D eigenvalue weighted by atomic mass is 16.7. The predicted octanol–water partition coefficient (Wildman–Crippen LogP) is 13.8. The van der Waals surface area contributed by atoms with Gasteiger partial charge in [0.05, 0.1) is 25.4 Å². The smallest absolute Gasteiger partial charge is 0.220 e. The molecule has 0 aromatic rings. The molecule has 1 fully saturated rings. The number of carbonyl (C=O) groups is 1. The van der Waals surface area contributed by atoms with Gasteiger partial charge in [-0.25, -0.2) is 0 Å². The summed E-state index contributed by atoms with van der Waals surface area (Å²) < 4.78 is 11.2. The number of aliphatic hydroxyl groups is 5. The van der Waals surface area contributed by atoms with Gasteiger partial charge in [-0.05, 0) is 77.0 Å². The normalized spacial score (nSPS) is 20.1. The highest BCUT2D eigenvalue weighted by Gasteiger charge is 2.44. The van der Waals surface area contributed by atoms with Gasteiger partial charge in [0, 0.05) is 6.42 Å². The second-order valence-corrected chi connectivity index (χ2v) is 19.3. The fourth-order valence-corrected chi connectivity index (χ4v) is 8.49. The quantitative estimate of drug-likeness (QED) is 0.0261. The molecule has 6 N–H and O–H groups in total. The molecule has 1 saturated heterocycles. The second-order valence-electron chi connectivity index (χ2n) is 19.3. The van der Waals surface area contributed by atoms with Gasteiger partial charge in [-0.1, -0.05) is 234 Å². The fraction of sp³-hybridized carbons (Fsp3) is 0.750. The van der Waals surface area contributed by atoms with Gasteiger partial charge in [-0.15, -0.1) is 0 Å². The first-order valence-corrected chi connectivity index (χ1v) is 28.3. The van der Waals surface area contributed by atoms with Crippen molar-refractivity contribution in [3.63, 3.8) is 0 Å². The van der Waals surface area contributed by atoms with Crippen LogP contribution in [0.25, 0.3) is 0 Å². The van der Waals surface area contributed by atoms with E-state index >= 15 is 0 Å². The molecule has 1 rings (SSSR count). The van der Waals surface area contributed by atoms with Crippen LogP contribution in [-0.4, -0.2) is 87.5 Å². The highest BCUT2D eigenvalue weighted by molar-refractivity contribution is 5.76. The van der Waals surface area contributed by atoms with E-state index in [1.807, 2.05) is 6.08 Å². The van der Waals surface area contributed by atoms with Crippen LogP contribution in [0.15, 0.2) is 85.1 Å². The summed E-state index contributed by atoms with van der Waals surface area (Å²) in [7, 11) is 0. The van der Waals surface area contributed by atoms with Gasteiger partial charge < -0.3 is 40.3 Å². The minimum Gasteiger partial charge on any atom is -0.394 e. The number of hydrogen-bond donors (Lipinski definition) is 6. The Labute approximate surface area is 422 Å². The number of allylic oxidation sites excluding steroid dienone is 13. The third-order valence-electron chi connectivity index (χ3n) is 13.0. The van der Waals surface area contributed by atoms with Crippen molar-refractivity contribution in [2.24, 2.45) is 0 Å². The van der Waals surface area contributed by atoms with Crippen LogP contribution in [0, 0.1) is 0 Å². The number of ether oxygens (including phenoxy) is 2. The van der Waals surface area contributed by atoms with Gasteiger partial charge in [-0.2, -0.15) is 0 Å². The molecule has 1 aliphatic rings. The molecule has 0 saturated carbocycles. The summed E-state index contributed by atoms with van der Waals surface area (Å²) in [6, 6.07) is -0.827. The zero-order valence-corrected chi connectivity index (χ0v) is 44.0. The Bertz CT molecular complexity index is 1350. The van der Waals surface area contributed by atoms with Crippen molar-refractivity contribution in [2.45, 2.75) is 275 Å². The van der Waals surface area contributed by atoms with E-state index in [0.29, 0.717) is 6.42 Å². The van der Waals surface area contributed by atoms with Gasteiger partial charge >= 0.3 is 0 Å². The van der Waals surface area contributed by atoms with Crippen molar-refractivity contribution in [3.8, 4) is 0 Å². The third-order valence-corrected chi connectivity index (χ3v) is 13.0. The summed E-state index contributed by atoms with van der Waals surface area (Å²) in [6.07, 6.45) is 62.1. The van der Waals surface area contributed by atoms with Crippen molar-refractivity contribution in [1.82, 2.24) is 5.32 Å². The zero-order chi connectivity index (χ0) is 50.1. The number of rotatable bonds is 47. The van der Waals surface area contributed by atoms with Crippen LogP contribution in [0.5, 0.6) is 0 Å². The molecule has 7 atom stereocenters. The van der Waals surface area contributed by atoms with Gasteiger partial charge in [-0.3, -0.25) is 4.79 Å². The number of hydrogen-bond acceptors (Lipinski definition) is 8. The van der Waals surface area contributed by atoms with Gasteiger partial charge in [0.25, 0.3) is 0 Å². The van der Waals surface area contributed by atoms with Crippen LogP contribution < -0.4 is 5.32 Å². The maximum atomic E-state index is 13.0. The molecule has 9 nitrogen and oxygen atoms in total. The fourth-order valence-electron chi connectivity index (χ4n) is 8.49. The molecule has 0 aromatic heterocycles. The summed E-state index contributed by atoms with van der Waals surface area (Å²) in [5, 5.41) is 54.4. The monoisotopic (exact) mass is 968 g/mol. The molecule has 1 aliphatic heterocycles. The van der Waals surface area contributed by atoms with E-state index in [0.717, 1.165) is 70.6 Å². The van der Waals surface area contributed by atoms with Crippen LogP contribution in [0.4, 0.5) is 0 Å². The summed E-state index contributed by atoms with van der Waals surface area (Å²) >= 11 is 0. The minimum atomic E-state index is -1.58. The number of amides is 1. The van der Waals surface area contributed by atoms with Gasteiger partial charge in [0.15, 0.2) is 6.29 Å². The molecule has 69 heavy (non-hydrogen) atoms. The van der Waals surface area contributed by atoms with Crippen molar-refractivity contribution < 1.29 is 39.8 Å². The zero-order valence-electron chi connectivity index (χ0n) is 44.0. The molecule has 1 amide bonds. The molecule has 7 unspecified atom stereocenters. The van der Waals surface area contributed by atoms with E-state index < -0.39 is 49.5 Å². The molecule has 0 aliphatic carbocycles. The molecular weight excluding hydrogens is 863 g/mol. The number of aliphatic hydroxyl groups excluding tert-OH is 5. The Morgan fingerprint density at radius 1 is 0.507 bits per heavy atom. The van der Waals surface area contributed by atoms with Crippen molar-refractivity contribution in [1.29, 1.82) is 0 Å². The first kappa shape index (κ1) is 64.4. The lowest BCUT2D eigenvalue weighted by molar-refractivity contribution is -0.302. The van der Waals surface area contributed by atoms with E-state index in [4.69, 9.17) is 9.47 Å². The standard InChI is InChI=1S/C60H105NO8/c1-3-5-7-9-11-13-15-17-19-21-22-23-24-25-26-27-28-29-30-31-32-34-36-38-40-42-44-46-48-50-56(64)61-53(52-68-60-59(67)58(66)57(65)55(51-62)69-60)54(63)49-47-45-43-41-39-37-35-33-20-18-16-14-12-10-8-6-4-2/h5,7,11,13,17,19,22-23,25-26,39,41,47,49,53-55,57-60,62-63,65-67H,3-4,6,8-10,12,14-16,18,20-21,24,27-38,40,42-46,48,50-52H2,1-2H3,(H,61,64)/b7-5-,13-11-,19-17-,23-22-,26-25-,41-39+,49-47+. The first-order valence-electron chi connectivity index (χ1n) is 28.3. The molecule has 0 bridgehead atoms. The van der Waals surface area contributed by atoms with E-state index in [9.17, 15) is 30.3 Å². The Kier molecular flexibility index (Phi) is 45.7. The van der Waals surface area contributed by atoms with Gasteiger partial charge in [0.1, 0.15) is 24.4 Å². The molecule has 398 valence electrons.